The van der Waals surface area contributed by atoms with Gasteiger partial charge in [0.2, 0.25) is 11.9 Å². The summed E-state index contributed by atoms with van der Waals surface area (Å²) < 4.78 is 0. The van der Waals surface area contributed by atoms with Crippen molar-refractivity contribution < 1.29 is 4.79 Å². The lowest BCUT2D eigenvalue weighted by molar-refractivity contribution is -0.129. The molecule has 8 nitrogen and oxygen atoms in total. The number of rotatable bonds is 6. The zero-order valence-corrected chi connectivity index (χ0v) is 17.1. The van der Waals surface area contributed by atoms with Crippen molar-refractivity contribution in [3.63, 3.8) is 0 Å². The second kappa shape index (κ2) is 8.86. The van der Waals surface area contributed by atoms with Crippen molar-refractivity contribution in [1.82, 2.24) is 20.1 Å². The van der Waals surface area contributed by atoms with Crippen LogP contribution in [0.1, 0.15) is 26.3 Å². The molecule has 0 bridgehead atoms. The number of benzene rings is 1. The number of carbonyl (C=O) groups excluding carboxylic acids is 1. The summed E-state index contributed by atoms with van der Waals surface area (Å²) in [5, 5.41) is 11.6. The van der Waals surface area contributed by atoms with Crippen LogP contribution in [-0.4, -0.2) is 65.3 Å². The van der Waals surface area contributed by atoms with Gasteiger partial charge < -0.3 is 20.0 Å². The van der Waals surface area contributed by atoms with Gasteiger partial charge in [0.05, 0.1) is 6.20 Å². The first-order valence-electron chi connectivity index (χ1n) is 9.84. The molecule has 0 spiro atoms. The van der Waals surface area contributed by atoms with Crippen molar-refractivity contribution in [2.24, 2.45) is 0 Å². The standard InChI is InChI=1S/C20H29N7O/c1-5-25(6-2)17-7-8-18(15(3)13-17)22-19-14-21-24-20(23-19)27-11-9-26(10-12-27)16(4)28/h7-8,13-14H,5-6,9-12H2,1-4H3,(H,22,23,24). The minimum Gasteiger partial charge on any atom is -0.372 e. The number of aryl methyl sites for hydroxylation is 1. The van der Waals surface area contributed by atoms with Gasteiger partial charge in [0, 0.05) is 57.6 Å². The molecule has 0 saturated carbocycles. The Kier molecular flexibility index (Phi) is 6.28. The molecular formula is C20H29N7O. The summed E-state index contributed by atoms with van der Waals surface area (Å²) in [5.74, 6) is 1.36. The van der Waals surface area contributed by atoms with Gasteiger partial charge in [0.15, 0.2) is 5.82 Å². The van der Waals surface area contributed by atoms with Crippen LogP contribution < -0.4 is 15.1 Å². The van der Waals surface area contributed by atoms with E-state index in [4.69, 9.17) is 0 Å². The average molecular weight is 384 g/mol. The number of nitrogens with one attached hydrogen (secondary N) is 1. The quantitative estimate of drug-likeness (QED) is 0.821. The van der Waals surface area contributed by atoms with Crippen LogP contribution in [0.25, 0.3) is 0 Å². The number of hydrogen-bond acceptors (Lipinski definition) is 7. The molecule has 1 aromatic heterocycles. The number of piperazine rings is 1. The summed E-state index contributed by atoms with van der Waals surface area (Å²) in [4.78, 5) is 22.3. The lowest BCUT2D eigenvalue weighted by Gasteiger charge is -2.33. The molecule has 0 unspecified atom stereocenters. The maximum atomic E-state index is 11.5. The van der Waals surface area contributed by atoms with E-state index < -0.39 is 0 Å². The summed E-state index contributed by atoms with van der Waals surface area (Å²) in [6.45, 7) is 12.8. The normalized spacial score (nSPS) is 14.1. The fourth-order valence-corrected chi connectivity index (χ4v) is 3.42. The third-order valence-electron chi connectivity index (χ3n) is 5.16. The molecule has 1 amide bonds. The van der Waals surface area contributed by atoms with E-state index in [1.54, 1.807) is 13.1 Å². The van der Waals surface area contributed by atoms with Crippen molar-refractivity contribution in [3.8, 4) is 0 Å². The van der Waals surface area contributed by atoms with Crippen LogP contribution in [0.2, 0.25) is 0 Å². The van der Waals surface area contributed by atoms with Crippen LogP contribution in [0.5, 0.6) is 0 Å². The lowest BCUT2D eigenvalue weighted by Crippen LogP contribution is -2.48. The molecule has 0 aliphatic carbocycles. The fraction of sp³-hybridized carbons (Fsp3) is 0.500. The highest BCUT2D eigenvalue weighted by Crippen LogP contribution is 2.25. The Morgan fingerprint density at radius 1 is 1.18 bits per heavy atom. The molecule has 1 fully saturated rings. The first-order valence-corrected chi connectivity index (χ1v) is 9.84. The highest BCUT2D eigenvalue weighted by molar-refractivity contribution is 5.73. The van der Waals surface area contributed by atoms with E-state index in [-0.39, 0.29) is 5.91 Å². The molecule has 0 radical (unpaired) electrons. The van der Waals surface area contributed by atoms with Crippen LogP contribution in [0.15, 0.2) is 24.4 Å². The molecular weight excluding hydrogens is 354 g/mol. The first kappa shape index (κ1) is 19.9. The molecule has 8 heteroatoms. The highest BCUT2D eigenvalue weighted by atomic mass is 16.2. The van der Waals surface area contributed by atoms with Crippen molar-refractivity contribution in [2.45, 2.75) is 27.7 Å². The van der Waals surface area contributed by atoms with Crippen LogP contribution in [0.3, 0.4) is 0 Å². The van der Waals surface area contributed by atoms with Gasteiger partial charge in [0.1, 0.15) is 0 Å². The molecule has 3 rings (SSSR count). The Labute approximate surface area is 166 Å². The van der Waals surface area contributed by atoms with Gasteiger partial charge in [-0.25, -0.2) is 0 Å². The maximum Gasteiger partial charge on any atom is 0.247 e. The first-order chi connectivity index (χ1) is 13.5. The molecule has 1 aliphatic rings. The van der Waals surface area contributed by atoms with E-state index in [9.17, 15) is 4.79 Å². The molecule has 1 N–H and O–H groups in total. The van der Waals surface area contributed by atoms with Crippen LogP contribution in [0, 0.1) is 6.92 Å². The van der Waals surface area contributed by atoms with E-state index in [1.807, 2.05) is 4.90 Å². The Morgan fingerprint density at radius 3 is 2.50 bits per heavy atom. The average Bonchev–Trinajstić information content (AvgIpc) is 2.71. The molecule has 28 heavy (non-hydrogen) atoms. The second-order valence-electron chi connectivity index (χ2n) is 6.93. The number of nitrogens with zero attached hydrogens (tertiary/aromatic N) is 6. The van der Waals surface area contributed by atoms with Gasteiger partial charge in [0.25, 0.3) is 0 Å². The van der Waals surface area contributed by atoms with Crippen molar-refractivity contribution >= 4 is 29.0 Å². The monoisotopic (exact) mass is 383 g/mol. The van der Waals surface area contributed by atoms with Gasteiger partial charge in [-0.3, -0.25) is 4.79 Å². The summed E-state index contributed by atoms with van der Waals surface area (Å²) in [5.41, 5.74) is 3.38. The number of amides is 1. The van der Waals surface area contributed by atoms with Crippen LogP contribution >= 0.6 is 0 Å². The van der Waals surface area contributed by atoms with E-state index >= 15 is 0 Å². The Bertz CT molecular complexity index is 814. The Hall–Kier alpha value is -2.90. The predicted octanol–water partition coefficient (Wildman–Crippen LogP) is 2.44. The van der Waals surface area contributed by atoms with Gasteiger partial charge in [-0.2, -0.15) is 10.1 Å². The zero-order valence-electron chi connectivity index (χ0n) is 17.1. The van der Waals surface area contributed by atoms with Gasteiger partial charge in [-0.15, -0.1) is 5.10 Å². The van der Waals surface area contributed by atoms with E-state index in [2.05, 4.69) is 69.3 Å². The minimum absolute atomic E-state index is 0.109. The summed E-state index contributed by atoms with van der Waals surface area (Å²) >= 11 is 0. The number of aromatic nitrogens is 3. The summed E-state index contributed by atoms with van der Waals surface area (Å²) in [6.07, 6.45) is 1.63. The van der Waals surface area contributed by atoms with Crippen molar-refractivity contribution in [1.29, 1.82) is 0 Å². The third kappa shape index (κ3) is 4.49. The van der Waals surface area contributed by atoms with E-state index in [0.29, 0.717) is 37.9 Å². The predicted molar refractivity (Wildman–Crippen MR) is 112 cm³/mol. The molecule has 1 aliphatic heterocycles. The van der Waals surface area contributed by atoms with Gasteiger partial charge in [-0.05, 0) is 44.5 Å². The van der Waals surface area contributed by atoms with Crippen LogP contribution in [-0.2, 0) is 4.79 Å². The molecule has 2 aromatic rings. The largest absolute Gasteiger partial charge is 0.372 e. The third-order valence-corrected chi connectivity index (χ3v) is 5.16. The smallest absolute Gasteiger partial charge is 0.247 e. The molecule has 1 saturated heterocycles. The van der Waals surface area contributed by atoms with Gasteiger partial charge in [-0.1, -0.05) is 0 Å². The molecule has 1 aromatic carbocycles. The summed E-state index contributed by atoms with van der Waals surface area (Å²) in [7, 11) is 0. The summed E-state index contributed by atoms with van der Waals surface area (Å²) in [6, 6.07) is 6.39. The maximum absolute atomic E-state index is 11.5. The molecule has 2 heterocycles. The molecule has 150 valence electrons. The lowest BCUT2D eigenvalue weighted by atomic mass is 10.1. The van der Waals surface area contributed by atoms with E-state index in [1.165, 1.54) is 5.69 Å². The molecule has 0 atom stereocenters. The fourth-order valence-electron chi connectivity index (χ4n) is 3.42. The topological polar surface area (TPSA) is 77.5 Å². The second-order valence-corrected chi connectivity index (χ2v) is 6.93. The number of anilines is 4. The number of hydrogen-bond donors (Lipinski definition) is 1. The van der Waals surface area contributed by atoms with Crippen LogP contribution in [0.4, 0.5) is 23.1 Å². The SMILES string of the molecule is CCN(CC)c1ccc(Nc2cnnc(N3CCN(C(C)=O)CC3)n2)c(C)c1. The van der Waals surface area contributed by atoms with Gasteiger partial charge >= 0.3 is 0 Å². The van der Waals surface area contributed by atoms with Crippen molar-refractivity contribution in [3.05, 3.63) is 30.0 Å². The Balaban J connectivity index is 1.70. The minimum atomic E-state index is 0.109. The number of carbonyl (C=O) groups is 1. The Morgan fingerprint density at radius 2 is 1.89 bits per heavy atom. The highest BCUT2D eigenvalue weighted by Gasteiger charge is 2.21. The van der Waals surface area contributed by atoms with Crippen molar-refractivity contribution in [2.75, 3.05) is 54.4 Å². The zero-order chi connectivity index (χ0) is 20.1. The van der Waals surface area contributed by atoms with E-state index in [0.717, 1.165) is 24.3 Å².